The summed E-state index contributed by atoms with van der Waals surface area (Å²) in [7, 11) is 0. The number of carbonyl (C=O) groups excluding carboxylic acids is 4. The van der Waals surface area contributed by atoms with Gasteiger partial charge in [-0.2, -0.15) is 0 Å². The zero-order valence-corrected chi connectivity index (χ0v) is 11.2. The highest BCUT2D eigenvalue weighted by Crippen LogP contribution is 2.19. The second-order valence-electron chi connectivity index (χ2n) is 5.00. The summed E-state index contributed by atoms with van der Waals surface area (Å²) in [6.07, 6.45) is 3.68. The Hall–Kier alpha value is -1.32. The van der Waals surface area contributed by atoms with Gasteiger partial charge in [0, 0.05) is 25.7 Å². The van der Waals surface area contributed by atoms with Crippen molar-refractivity contribution in [2.75, 3.05) is 0 Å². The van der Waals surface area contributed by atoms with Gasteiger partial charge in [-0.05, 0) is 18.3 Å². The number of hydrogen-bond acceptors (Lipinski definition) is 4. The van der Waals surface area contributed by atoms with Gasteiger partial charge in [0.2, 0.25) is 0 Å². The smallest absolute Gasteiger partial charge is 0.198 e. The van der Waals surface area contributed by atoms with Crippen molar-refractivity contribution in [2.45, 2.75) is 52.4 Å². The van der Waals surface area contributed by atoms with Crippen molar-refractivity contribution >= 4 is 24.1 Å². The third-order valence-electron chi connectivity index (χ3n) is 2.86. The maximum atomic E-state index is 11.6. The molecule has 0 aromatic carbocycles. The van der Waals surface area contributed by atoms with Crippen LogP contribution in [0.4, 0.5) is 0 Å². The van der Waals surface area contributed by atoms with E-state index in [1.807, 2.05) is 0 Å². The van der Waals surface area contributed by atoms with E-state index in [9.17, 15) is 19.2 Å². The monoisotopic (exact) mass is 254 g/mol. The minimum atomic E-state index is -0.498. The molecular weight excluding hydrogens is 232 g/mol. The van der Waals surface area contributed by atoms with Gasteiger partial charge in [0.25, 0.3) is 0 Å². The summed E-state index contributed by atoms with van der Waals surface area (Å²) >= 11 is 0. The van der Waals surface area contributed by atoms with Crippen LogP contribution in [0.25, 0.3) is 0 Å². The summed E-state index contributed by atoms with van der Waals surface area (Å²) in [6.45, 7) is 4.16. The molecule has 0 fully saturated rings. The summed E-state index contributed by atoms with van der Waals surface area (Å²) in [5, 5.41) is 0. The third-order valence-corrected chi connectivity index (χ3v) is 2.86. The molecule has 0 saturated heterocycles. The lowest BCUT2D eigenvalue weighted by Crippen LogP contribution is -2.18. The Kier molecular flexibility index (Phi) is 8.97. The molecule has 0 aliphatic heterocycles. The lowest BCUT2D eigenvalue weighted by molar-refractivity contribution is -0.137. The Morgan fingerprint density at radius 2 is 1.67 bits per heavy atom. The van der Waals surface area contributed by atoms with Crippen LogP contribution in [0.3, 0.4) is 0 Å². The summed E-state index contributed by atoms with van der Waals surface area (Å²) in [6, 6.07) is 0. The second kappa shape index (κ2) is 9.68. The van der Waals surface area contributed by atoms with E-state index in [0.29, 0.717) is 18.6 Å². The molecule has 0 N–H and O–H groups in total. The molecule has 0 aromatic heterocycles. The van der Waals surface area contributed by atoms with Crippen molar-refractivity contribution < 1.29 is 19.2 Å². The fraction of sp³-hybridized carbons (Fsp3) is 0.714. The van der Waals surface area contributed by atoms with E-state index in [4.69, 9.17) is 0 Å². The van der Waals surface area contributed by atoms with Crippen molar-refractivity contribution in [2.24, 2.45) is 11.8 Å². The van der Waals surface area contributed by atoms with Crippen molar-refractivity contribution in [3.8, 4) is 0 Å². The zero-order chi connectivity index (χ0) is 14.0. The van der Waals surface area contributed by atoms with Gasteiger partial charge < -0.3 is 9.59 Å². The van der Waals surface area contributed by atoms with Crippen molar-refractivity contribution in [1.82, 2.24) is 0 Å². The van der Waals surface area contributed by atoms with Crippen LogP contribution in [-0.2, 0) is 19.2 Å². The van der Waals surface area contributed by atoms with Crippen LogP contribution in [0.5, 0.6) is 0 Å². The Labute approximate surface area is 108 Å². The normalized spacial score (nSPS) is 12.2. The second-order valence-corrected chi connectivity index (χ2v) is 5.00. The Morgan fingerprint density at radius 1 is 1.00 bits per heavy atom. The molecule has 0 aromatic rings. The quantitative estimate of drug-likeness (QED) is 0.418. The van der Waals surface area contributed by atoms with E-state index >= 15 is 0 Å². The molecule has 18 heavy (non-hydrogen) atoms. The van der Waals surface area contributed by atoms with E-state index in [-0.39, 0.29) is 25.2 Å². The Bertz CT molecular complexity index is 294. The lowest BCUT2D eigenvalue weighted by Gasteiger charge is -2.14. The van der Waals surface area contributed by atoms with E-state index in [1.54, 1.807) is 0 Å². The molecule has 0 aliphatic carbocycles. The number of aldehydes is 2. The minimum absolute atomic E-state index is 0.0136. The van der Waals surface area contributed by atoms with Gasteiger partial charge in [-0.1, -0.05) is 20.3 Å². The first-order valence-electron chi connectivity index (χ1n) is 6.44. The van der Waals surface area contributed by atoms with Crippen molar-refractivity contribution in [3.63, 3.8) is 0 Å². The molecule has 0 radical (unpaired) electrons. The molecule has 102 valence electrons. The third kappa shape index (κ3) is 7.87. The first kappa shape index (κ1) is 16.7. The molecule has 0 heterocycles. The van der Waals surface area contributed by atoms with Gasteiger partial charge in [-0.15, -0.1) is 0 Å². The molecule has 0 aliphatic rings. The van der Waals surface area contributed by atoms with Crippen molar-refractivity contribution in [1.29, 1.82) is 0 Å². The predicted molar refractivity (Wildman–Crippen MR) is 68.2 cm³/mol. The zero-order valence-electron chi connectivity index (χ0n) is 11.2. The van der Waals surface area contributed by atoms with Gasteiger partial charge in [0.1, 0.15) is 12.6 Å². The number of ketones is 2. The fourth-order valence-corrected chi connectivity index (χ4v) is 1.71. The molecular formula is C14H22O4. The topological polar surface area (TPSA) is 68.3 Å². The van der Waals surface area contributed by atoms with E-state index < -0.39 is 11.6 Å². The van der Waals surface area contributed by atoms with Crippen LogP contribution in [0.1, 0.15) is 52.4 Å². The molecule has 0 rings (SSSR count). The van der Waals surface area contributed by atoms with Gasteiger partial charge in [-0.25, -0.2) is 0 Å². The van der Waals surface area contributed by atoms with Crippen LogP contribution in [0.15, 0.2) is 0 Å². The summed E-state index contributed by atoms with van der Waals surface area (Å²) in [5.74, 6) is -0.479. The Morgan fingerprint density at radius 3 is 2.17 bits per heavy atom. The fourth-order valence-electron chi connectivity index (χ4n) is 1.71. The largest absolute Gasteiger partial charge is 0.303 e. The molecule has 0 spiro atoms. The molecule has 4 nitrogen and oxygen atoms in total. The maximum Gasteiger partial charge on any atom is 0.198 e. The maximum absolute atomic E-state index is 11.6. The van der Waals surface area contributed by atoms with Crippen molar-refractivity contribution in [3.05, 3.63) is 0 Å². The SMILES string of the molecule is CC(C)CCC(CC=O)CC(=O)C(=O)CCC=O. The van der Waals surface area contributed by atoms with E-state index in [1.165, 1.54) is 0 Å². The first-order chi connectivity index (χ1) is 8.51. The molecule has 0 bridgehead atoms. The number of hydrogen-bond donors (Lipinski definition) is 0. The molecule has 1 unspecified atom stereocenters. The number of rotatable bonds is 11. The van der Waals surface area contributed by atoms with Crippen LogP contribution < -0.4 is 0 Å². The first-order valence-corrected chi connectivity index (χ1v) is 6.44. The summed E-state index contributed by atoms with van der Waals surface area (Å²) in [4.78, 5) is 43.6. The highest BCUT2D eigenvalue weighted by atomic mass is 16.2. The number of carbonyl (C=O) groups is 4. The van der Waals surface area contributed by atoms with Gasteiger partial charge in [-0.3, -0.25) is 9.59 Å². The molecule has 4 heteroatoms. The minimum Gasteiger partial charge on any atom is -0.303 e. The molecule has 1 atom stereocenters. The van der Waals surface area contributed by atoms with Crippen LogP contribution in [-0.4, -0.2) is 24.1 Å². The molecule has 0 saturated carbocycles. The molecule has 0 amide bonds. The highest BCUT2D eigenvalue weighted by molar-refractivity contribution is 6.37. The van der Waals surface area contributed by atoms with Crippen LogP contribution >= 0.6 is 0 Å². The van der Waals surface area contributed by atoms with Gasteiger partial charge in [0.15, 0.2) is 11.6 Å². The summed E-state index contributed by atoms with van der Waals surface area (Å²) < 4.78 is 0. The van der Waals surface area contributed by atoms with Crippen LogP contribution in [0, 0.1) is 11.8 Å². The lowest BCUT2D eigenvalue weighted by atomic mass is 9.90. The standard InChI is InChI=1S/C14H22O4/c1-11(2)5-6-12(7-9-16)10-14(18)13(17)4-3-8-15/h8-9,11-12H,3-7,10H2,1-2H3. The van der Waals surface area contributed by atoms with Gasteiger partial charge >= 0.3 is 0 Å². The van der Waals surface area contributed by atoms with E-state index in [2.05, 4.69) is 13.8 Å². The van der Waals surface area contributed by atoms with Crippen LogP contribution in [0.2, 0.25) is 0 Å². The van der Waals surface area contributed by atoms with Gasteiger partial charge in [0.05, 0.1) is 0 Å². The Balaban J connectivity index is 4.20. The average Bonchev–Trinajstić information content (AvgIpc) is 2.33. The average molecular weight is 254 g/mol. The highest BCUT2D eigenvalue weighted by Gasteiger charge is 2.19. The summed E-state index contributed by atoms with van der Waals surface area (Å²) in [5.41, 5.74) is 0. The number of Topliss-reactive ketones (excluding diaryl/α,β-unsaturated/α-hetero) is 2. The predicted octanol–water partition coefficient (Wildman–Crippen LogP) is 2.14. The van der Waals surface area contributed by atoms with E-state index in [0.717, 1.165) is 19.1 Å².